The molecule has 0 aliphatic rings. The van der Waals surface area contributed by atoms with Crippen LogP contribution in [0.1, 0.15) is 36.1 Å². The summed E-state index contributed by atoms with van der Waals surface area (Å²) in [5.74, 6) is 0. The van der Waals surface area contributed by atoms with Gasteiger partial charge in [-0.2, -0.15) is 5.26 Å². The number of nitrogens with zero attached hydrogens (tertiary/aromatic N) is 1. The second-order valence-electron chi connectivity index (χ2n) is 5.26. The number of benzene rings is 2. The number of nitriles is 1. The molecule has 0 spiro atoms. The molecule has 0 aliphatic heterocycles. The number of rotatable bonds is 8. The third kappa shape index (κ3) is 5.33. The predicted octanol–water partition coefficient (Wildman–Crippen LogP) is 3.82. The predicted molar refractivity (Wildman–Crippen MR) is 88.3 cm³/mol. The first kappa shape index (κ1) is 16.2. The lowest BCUT2D eigenvalue weighted by Crippen LogP contribution is -2.16. The maximum Gasteiger partial charge on any atom is 0.0991 e. The Bertz CT molecular complexity index is 587. The van der Waals surface area contributed by atoms with Crippen LogP contribution >= 0.6 is 0 Å². The maximum absolute atomic E-state index is 8.75. The topological polar surface area (TPSA) is 45.0 Å². The van der Waals surface area contributed by atoms with E-state index < -0.39 is 0 Å². The van der Waals surface area contributed by atoms with E-state index in [1.807, 2.05) is 42.5 Å². The normalized spacial score (nSPS) is 11.8. The molecule has 0 radical (unpaired) electrons. The highest BCUT2D eigenvalue weighted by Gasteiger charge is 2.03. The summed E-state index contributed by atoms with van der Waals surface area (Å²) in [5, 5.41) is 12.1. The molecule has 3 heteroatoms. The third-order valence-corrected chi connectivity index (χ3v) is 3.55. The van der Waals surface area contributed by atoms with Crippen LogP contribution < -0.4 is 5.32 Å². The Morgan fingerprint density at radius 3 is 2.50 bits per heavy atom. The summed E-state index contributed by atoms with van der Waals surface area (Å²) in [7, 11) is 0. The Hall–Kier alpha value is -2.15. The van der Waals surface area contributed by atoms with E-state index in [4.69, 9.17) is 10.00 Å². The first-order valence-corrected chi connectivity index (χ1v) is 7.66. The minimum absolute atomic E-state index is 0.139. The molecule has 1 atom stereocenters. The van der Waals surface area contributed by atoms with Crippen molar-refractivity contribution in [2.75, 3.05) is 13.2 Å². The van der Waals surface area contributed by atoms with Crippen LogP contribution in [0.2, 0.25) is 0 Å². The second kappa shape index (κ2) is 8.99. The van der Waals surface area contributed by atoms with Gasteiger partial charge in [-0.1, -0.05) is 42.5 Å². The molecule has 22 heavy (non-hydrogen) atoms. The van der Waals surface area contributed by atoms with Gasteiger partial charge in [0.05, 0.1) is 17.7 Å². The van der Waals surface area contributed by atoms with Crippen molar-refractivity contribution in [3.05, 3.63) is 71.3 Å². The summed E-state index contributed by atoms with van der Waals surface area (Å²) in [5.41, 5.74) is 3.11. The lowest BCUT2D eigenvalue weighted by atomic mass is 10.1. The van der Waals surface area contributed by atoms with E-state index in [1.54, 1.807) is 0 Å². The van der Waals surface area contributed by atoms with Gasteiger partial charge in [0, 0.05) is 13.2 Å². The largest absolute Gasteiger partial charge is 0.374 e. The number of ether oxygens (including phenoxy) is 1. The molecule has 0 fully saturated rings. The lowest BCUT2D eigenvalue weighted by Gasteiger charge is -2.13. The molecular formula is C19H22N2O. The first-order chi connectivity index (χ1) is 10.8. The molecule has 2 aromatic carbocycles. The zero-order valence-corrected chi connectivity index (χ0v) is 13.0. The molecule has 2 rings (SSSR count). The Labute approximate surface area is 132 Å². The molecule has 0 heterocycles. The molecule has 114 valence electrons. The van der Waals surface area contributed by atoms with Gasteiger partial charge in [-0.05, 0) is 43.1 Å². The van der Waals surface area contributed by atoms with Crippen LogP contribution in [0.5, 0.6) is 0 Å². The fourth-order valence-electron chi connectivity index (χ4n) is 2.21. The Kier molecular flexibility index (Phi) is 6.63. The monoisotopic (exact) mass is 294 g/mol. The van der Waals surface area contributed by atoms with Gasteiger partial charge >= 0.3 is 0 Å². The van der Waals surface area contributed by atoms with Crippen LogP contribution in [0.15, 0.2) is 54.6 Å². The van der Waals surface area contributed by atoms with E-state index in [0.717, 1.165) is 26.1 Å². The van der Waals surface area contributed by atoms with Gasteiger partial charge in [0.2, 0.25) is 0 Å². The van der Waals surface area contributed by atoms with Crippen molar-refractivity contribution in [2.24, 2.45) is 0 Å². The summed E-state index contributed by atoms with van der Waals surface area (Å²) in [6, 6.07) is 20.1. The van der Waals surface area contributed by atoms with Crippen LogP contribution in [0, 0.1) is 11.3 Å². The van der Waals surface area contributed by atoms with Crippen molar-refractivity contribution in [2.45, 2.75) is 26.0 Å². The summed E-state index contributed by atoms with van der Waals surface area (Å²) in [6.07, 6.45) is 1.12. The molecule has 0 saturated carbocycles. The SMILES string of the molecule is CC(OCCCNCc1ccc(C#N)cc1)c1ccccc1. The van der Waals surface area contributed by atoms with E-state index in [2.05, 4.69) is 30.4 Å². The van der Waals surface area contributed by atoms with Crippen molar-refractivity contribution < 1.29 is 4.74 Å². The highest BCUT2D eigenvalue weighted by molar-refractivity contribution is 5.31. The minimum atomic E-state index is 0.139. The summed E-state index contributed by atoms with van der Waals surface area (Å²) >= 11 is 0. The fourth-order valence-corrected chi connectivity index (χ4v) is 2.21. The molecular weight excluding hydrogens is 272 g/mol. The van der Waals surface area contributed by atoms with Gasteiger partial charge < -0.3 is 10.1 Å². The summed E-state index contributed by atoms with van der Waals surface area (Å²) < 4.78 is 5.83. The first-order valence-electron chi connectivity index (χ1n) is 7.66. The third-order valence-electron chi connectivity index (χ3n) is 3.55. The molecule has 0 aromatic heterocycles. The standard InChI is InChI=1S/C19H22N2O/c1-16(19-6-3-2-4-7-19)22-13-5-12-21-15-18-10-8-17(14-20)9-11-18/h2-4,6-11,16,21H,5,12-13,15H2,1H3. The van der Waals surface area contributed by atoms with Gasteiger partial charge in [-0.3, -0.25) is 0 Å². The van der Waals surface area contributed by atoms with Gasteiger partial charge in [0.15, 0.2) is 0 Å². The molecule has 2 aromatic rings. The lowest BCUT2D eigenvalue weighted by molar-refractivity contribution is 0.0640. The summed E-state index contributed by atoms with van der Waals surface area (Å²) in [6.45, 7) is 4.57. The van der Waals surface area contributed by atoms with Crippen LogP contribution in [0.4, 0.5) is 0 Å². The van der Waals surface area contributed by atoms with Crippen LogP contribution in [0.3, 0.4) is 0 Å². The van der Waals surface area contributed by atoms with Crippen molar-refractivity contribution in [3.8, 4) is 6.07 Å². The second-order valence-corrected chi connectivity index (χ2v) is 5.26. The van der Waals surface area contributed by atoms with Gasteiger partial charge in [0.1, 0.15) is 0 Å². The number of nitrogens with one attached hydrogen (secondary N) is 1. The van der Waals surface area contributed by atoms with Crippen LogP contribution in [-0.4, -0.2) is 13.2 Å². The Morgan fingerprint density at radius 1 is 1.09 bits per heavy atom. The van der Waals surface area contributed by atoms with Crippen LogP contribution in [0.25, 0.3) is 0 Å². The fraction of sp³-hybridized carbons (Fsp3) is 0.316. The van der Waals surface area contributed by atoms with Gasteiger partial charge in [0.25, 0.3) is 0 Å². The average molecular weight is 294 g/mol. The molecule has 3 nitrogen and oxygen atoms in total. The Balaban J connectivity index is 1.58. The Morgan fingerprint density at radius 2 is 1.82 bits per heavy atom. The molecule has 0 amide bonds. The highest BCUT2D eigenvalue weighted by atomic mass is 16.5. The number of hydrogen-bond donors (Lipinski definition) is 1. The summed E-state index contributed by atoms with van der Waals surface area (Å²) in [4.78, 5) is 0. The van der Waals surface area contributed by atoms with E-state index in [0.29, 0.717) is 5.56 Å². The van der Waals surface area contributed by atoms with E-state index in [1.165, 1.54) is 11.1 Å². The number of hydrogen-bond acceptors (Lipinski definition) is 3. The van der Waals surface area contributed by atoms with Crippen molar-refractivity contribution >= 4 is 0 Å². The zero-order valence-electron chi connectivity index (χ0n) is 13.0. The van der Waals surface area contributed by atoms with E-state index in [9.17, 15) is 0 Å². The quantitative estimate of drug-likeness (QED) is 0.753. The smallest absolute Gasteiger partial charge is 0.0991 e. The van der Waals surface area contributed by atoms with Crippen LogP contribution in [-0.2, 0) is 11.3 Å². The van der Waals surface area contributed by atoms with E-state index >= 15 is 0 Å². The average Bonchev–Trinajstić information content (AvgIpc) is 2.59. The molecule has 1 N–H and O–H groups in total. The van der Waals surface area contributed by atoms with E-state index in [-0.39, 0.29) is 6.10 Å². The zero-order chi connectivity index (χ0) is 15.6. The van der Waals surface area contributed by atoms with Crippen molar-refractivity contribution in [3.63, 3.8) is 0 Å². The van der Waals surface area contributed by atoms with Crippen molar-refractivity contribution in [1.29, 1.82) is 5.26 Å². The maximum atomic E-state index is 8.75. The minimum Gasteiger partial charge on any atom is -0.374 e. The highest BCUT2D eigenvalue weighted by Crippen LogP contribution is 2.15. The molecule has 0 saturated heterocycles. The molecule has 0 bridgehead atoms. The van der Waals surface area contributed by atoms with Crippen molar-refractivity contribution in [1.82, 2.24) is 5.32 Å². The van der Waals surface area contributed by atoms with Gasteiger partial charge in [-0.15, -0.1) is 0 Å². The molecule has 1 unspecified atom stereocenters. The molecule has 0 aliphatic carbocycles. The van der Waals surface area contributed by atoms with Gasteiger partial charge in [-0.25, -0.2) is 0 Å².